The largest absolute Gasteiger partial charge is 0.573 e. The van der Waals surface area contributed by atoms with E-state index in [1.165, 1.54) is 16.7 Å². The molecule has 0 atom stereocenters. The second-order valence-corrected chi connectivity index (χ2v) is 7.44. The number of hydrogen-bond acceptors (Lipinski definition) is 4. The molecule has 1 heterocycles. The maximum atomic E-state index is 12.8. The van der Waals surface area contributed by atoms with Crippen molar-refractivity contribution in [2.75, 3.05) is 11.9 Å². The molecule has 0 saturated heterocycles. The topological polar surface area (TPSA) is 56.1 Å². The van der Waals surface area contributed by atoms with Crippen LogP contribution in [0.15, 0.2) is 51.7 Å². The zero-order valence-corrected chi connectivity index (χ0v) is 16.0. The van der Waals surface area contributed by atoms with Crippen molar-refractivity contribution >= 4 is 32.7 Å². The Labute approximate surface area is 166 Å². The van der Waals surface area contributed by atoms with Gasteiger partial charge in [-0.2, -0.15) is 4.98 Å². The molecule has 0 unspecified atom stereocenters. The SMILES string of the molecule is O=c1nc(NCC2CC2)c2cc(Br)c(OC(F)(F)F)cc2n1-c1ccccc1. The molecule has 2 aromatic carbocycles. The normalized spacial score (nSPS) is 14.3. The minimum absolute atomic E-state index is 0.117. The number of rotatable bonds is 5. The van der Waals surface area contributed by atoms with Gasteiger partial charge in [-0.3, -0.25) is 4.57 Å². The minimum Gasteiger partial charge on any atom is -0.405 e. The second-order valence-electron chi connectivity index (χ2n) is 6.59. The number of aromatic nitrogens is 2. The number of nitrogens with zero attached hydrogens (tertiary/aromatic N) is 2. The van der Waals surface area contributed by atoms with Crippen molar-refractivity contribution in [3.05, 3.63) is 57.4 Å². The average molecular weight is 454 g/mol. The van der Waals surface area contributed by atoms with Crippen LogP contribution in [0.2, 0.25) is 0 Å². The molecule has 1 aliphatic carbocycles. The Morgan fingerprint density at radius 1 is 1.21 bits per heavy atom. The van der Waals surface area contributed by atoms with E-state index in [1.54, 1.807) is 30.3 Å². The number of nitrogens with one attached hydrogen (secondary N) is 1. The molecule has 3 aromatic rings. The molecule has 0 radical (unpaired) electrons. The monoisotopic (exact) mass is 453 g/mol. The van der Waals surface area contributed by atoms with Gasteiger partial charge in [0.15, 0.2) is 0 Å². The summed E-state index contributed by atoms with van der Waals surface area (Å²) in [6.07, 6.45) is -2.63. The molecular formula is C19H15BrF3N3O2. The maximum Gasteiger partial charge on any atom is 0.573 e. The molecular weight excluding hydrogens is 439 g/mol. The number of para-hydroxylation sites is 1. The first kappa shape index (κ1) is 18.8. The lowest BCUT2D eigenvalue weighted by molar-refractivity contribution is -0.274. The Morgan fingerprint density at radius 3 is 2.57 bits per heavy atom. The van der Waals surface area contributed by atoms with Gasteiger partial charge < -0.3 is 10.1 Å². The van der Waals surface area contributed by atoms with Crippen LogP contribution in [0.25, 0.3) is 16.6 Å². The Balaban J connectivity index is 1.93. The van der Waals surface area contributed by atoms with Gasteiger partial charge in [0.1, 0.15) is 11.6 Å². The van der Waals surface area contributed by atoms with Crippen LogP contribution in [0.3, 0.4) is 0 Å². The summed E-state index contributed by atoms with van der Waals surface area (Å²) in [5, 5.41) is 3.67. The van der Waals surface area contributed by atoms with Crippen LogP contribution >= 0.6 is 15.9 Å². The Hall–Kier alpha value is -2.55. The third-order valence-corrected chi connectivity index (χ3v) is 5.06. The summed E-state index contributed by atoms with van der Waals surface area (Å²) in [6, 6.07) is 11.3. The summed E-state index contributed by atoms with van der Waals surface area (Å²) in [5.41, 5.74) is 0.184. The van der Waals surface area contributed by atoms with Crippen molar-refractivity contribution in [2.24, 2.45) is 5.92 Å². The van der Waals surface area contributed by atoms with Crippen LogP contribution in [0.1, 0.15) is 12.8 Å². The zero-order valence-electron chi connectivity index (χ0n) is 14.5. The van der Waals surface area contributed by atoms with E-state index >= 15 is 0 Å². The summed E-state index contributed by atoms with van der Waals surface area (Å²) < 4.78 is 43.9. The number of alkyl halides is 3. The highest BCUT2D eigenvalue weighted by Crippen LogP contribution is 2.37. The van der Waals surface area contributed by atoms with Gasteiger partial charge in [0.2, 0.25) is 0 Å². The number of fused-ring (bicyclic) bond motifs is 1. The van der Waals surface area contributed by atoms with Gasteiger partial charge in [-0.25, -0.2) is 4.79 Å². The molecule has 9 heteroatoms. The highest BCUT2D eigenvalue weighted by Gasteiger charge is 2.32. The third-order valence-electron chi connectivity index (χ3n) is 4.44. The fourth-order valence-corrected chi connectivity index (χ4v) is 3.38. The number of anilines is 1. The first-order chi connectivity index (χ1) is 13.3. The molecule has 146 valence electrons. The summed E-state index contributed by atoms with van der Waals surface area (Å²) in [4.78, 5) is 16.9. The van der Waals surface area contributed by atoms with E-state index in [2.05, 4.69) is 31.0 Å². The average Bonchev–Trinajstić information content (AvgIpc) is 3.45. The van der Waals surface area contributed by atoms with E-state index < -0.39 is 17.8 Å². The number of halogens is 4. The van der Waals surface area contributed by atoms with Gasteiger partial charge in [0.25, 0.3) is 0 Å². The van der Waals surface area contributed by atoms with E-state index in [9.17, 15) is 18.0 Å². The molecule has 28 heavy (non-hydrogen) atoms. The maximum absolute atomic E-state index is 12.8. The molecule has 1 saturated carbocycles. The van der Waals surface area contributed by atoms with Crippen molar-refractivity contribution in [3.8, 4) is 11.4 Å². The first-order valence-electron chi connectivity index (χ1n) is 8.63. The minimum atomic E-state index is -4.85. The lowest BCUT2D eigenvalue weighted by Gasteiger charge is -2.17. The number of benzene rings is 2. The van der Waals surface area contributed by atoms with Crippen molar-refractivity contribution in [1.82, 2.24) is 9.55 Å². The summed E-state index contributed by atoms with van der Waals surface area (Å²) >= 11 is 3.13. The first-order valence-corrected chi connectivity index (χ1v) is 9.42. The smallest absolute Gasteiger partial charge is 0.405 e. The van der Waals surface area contributed by atoms with Gasteiger partial charge in [0.05, 0.1) is 15.7 Å². The van der Waals surface area contributed by atoms with Crippen LogP contribution < -0.4 is 15.7 Å². The van der Waals surface area contributed by atoms with Crippen molar-refractivity contribution in [1.29, 1.82) is 0 Å². The second kappa shape index (κ2) is 7.12. The quantitative estimate of drug-likeness (QED) is 0.598. The zero-order chi connectivity index (χ0) is 19.9. The van der Waals surface area contributed by atoms with Crippen LogP contribution in [0.5, 0.6) is 5.75 Å². The summed E-state index contributed by atoms with van der Waals surface area (Å²) in [7, 11) is 0. The highest BCUT2D eigenvalue weighted by atomic mass is 79.9. The molecule has 5 nitrogen and oxygen atoms in total. The van der Waals surface area contributed by atoms with E-state index in [0.29, 0.717) is 29.4 Å². The summed E-state index contributed by atoms with van der Waals surface area (Å²) in [5.74, 6) is 0.450. The third kappa shape index (κ3) is 3.99. The van der Waals surface area contributed by atoms with Crippen molar-refractivity contribution in [2.45, 2.75) is 19.2 Å². The fraction of sp³-hybridized carbons (Fsp3) is 0.263. The number of ether oxygens (including phenoxy) is 1. The van der Waals surface area contributed by atoms with E-state index in [0.717, 1.165) is 12.8 Å². The Morgan fingerprint density at radius 2 is 1.93 bits per heavy atom. The van der Waals surface area contributed by atoms with Gasteiger partial charge >= 0.3 is 12.1 Å². The molecule has 1 aromatic heterocycles. The molecule has 0 spiro atoms. The Kier molecular flexibility index (Phi) is 4.78. The summed E-state index contributed by atoms with van der Waals surface area (Å²) in [6.45, 7) is 0.662. The predicted octanol–water partition coefficient (Wildman–Crippen LogP) is 4.87. The lowest BCUT2D eigenvalue weighted by Crippen LogP contribution is -2.24. The Bertz CT molecular complexity index is 1080. The number of hydrogen-bond donors (Lipinski definition) is 1. The van der Waals surface area contributed by atoms with E-state index in [-0.39, 0.29) is 9.99 Å². The van der Waals surface area contributed by atoms with Crippen LogP contribution in [0.4, 0.5) is 19.0 Å². The van der Waals surface area contributed by atoms with Crippen LogP contribution in [0, 0.1) is 5.92 Å². The van der Waals surface area contributed by atoms with Gasteiger partial charge in [0, 0.05) is 18.0 Å². The van der Waals surface area contributed by atoms with E-state index in [4.69, 9.17) is 0 Å². The molecule has 0 aliphatic heterocycles. The van der Waals surface area contributed by atoms with Crippen LogP contribution in [-0.2, 0) is 0 Å². The molecule has 1 fully saturated rings. The van der Waals surface area contributed by atoms with E-state index in [1.807, 2.05) is 0 Å². The predicted molar refractivity (Wildman–Crippen MR) is 103 cm³/mol. The lowest BCUT2D eigenvalue weighted by atomic mass is 10.2. The highest BCUT2D eigenvalue weighted by molar-refractivity contribution is 9.10. The molecule has 0 bridgehead atoms. The standard InChI is InChI=1S/C19H15BrF3N3O2/c20-14-8-13-15(9-16(14)28-19(21,22)23)26(12-4-2-1-3-5-12)18(27)25-17(13)24-10-11-6-7-11/h1-5,8-9,11H,6-7,10H2,(H,24,25,27). The fourth-order valence-electron chi connectivity index (χ4n) is 2.95. The van der Waals surface area contributed by atoms with Crippen molar-refractivity contribution in [3.63, 3.8) is 0 Å². The molecule has 1 aliphatic rings. The van der Waals surface area contributed by atoms with Crippen molar-refractivity contribution < 1.29 is 17.9 Å². The molecule has 0 amide bonds. The van der Waals surface area contributed by atoms with Gasteiger partial charge in [-0.1, -0.05) is 18.2 Å². The molecule has 1 N–H and O–H groups in total. The van der Waals surface area contributed by atoms with Gasteiger partial charge in [-0.15, -0.1) is 13.2 Å². The van der Waals surface area contributed by atoms with Crippen LogP contribution in [-0.4, -0.2) is 22.5 Å². The van der Waals surface area contributed by atoms with Gasteiger partial charge in [-0.05, 0) is 52.9 Å². The molecule has 4 rings (SSSR count).